The molecule has 0 spiro atoms. The van der Waals surface area contributed by atoms with Crippen LogP contribution in [0.3, 0.4) is 0 Å². The van der Waals surface area contributed by atoms with Gasteiger partial charge in [-0.15, -0.1) is 0 Å². The number of halogens is 1. The monoisotopic (exact) mass is 275 g/mol. The van der Waals surface area contributed by atoms with Crippen LogP contribution in [0.5, 0.6) is 0 Å². The number of anilines is 1. The Hall–Kier alpha value is -2.21. The van der Waals surface area contributed by atoms with Crippen molar-refractivity contribution < 1.29 is 4.63 Å². The molecule has 0 aliphatic carbocycles. The molecule has 3 heterocycles. The van der Waals surface area contributed by atoms with Gasteiger partial charge in [0, 0.05) is 23.9 Å². The summed E-state index contributed by atoms with van der Waals surface area (Å²) in [6, 6.07) is 3.68. The number of hydrogen-bond acceptors (Lipinski definition) is 6. The lowest BCUT2D eigenvalue weighted by Crippen LogP contribution is -2.02. The van der Waals surface area contributed by atoms with Crippen molar-refractivity contribution in [2.75, 3.05) is 5.73 Å². The van der Waals surface area contributed by atoms with Gasteiger partial charge >= 0.3 is 0 Å². The van der Waals surface area contributed by atoms with Crippen LogP contribution in [0.15, 0.2) is 23.0 Å². The molecule has 0 saturated heterocycles. The number of aromatic nitrogens is 4. The van der Waals surface area contributed by atoms with Gasteiger partial charge in [-0.1, -0.05) is 11.6 Å². The Morgan fingerprint density at radius 1 is 1.37 bits per heavy atom. The molecule has 3 rings (SSSR count). The summed E-state index contributed by atoms with van der Waals surface area (Å²) in [6.07, 6.45) is 2.27. The van der Waals surface area contributed by atoms with Crippen molar-refractivity contribution >= 4 is 28.5 Å². The molecule has 0 radical (unpaired) electrons. The fraction of sp³-hybridized carbons (Fsp3) is 0.167. The van der Waals surface area contributed by atoms with Gasteiger partial charge in [-0.3, -0.25) is 0 Å². The van der Waals surface area contributed by atoms with Crippen molar-refractivity contribution in [3.05, 3.63) is 40.3 Å². The maximum absolute atomic E-state index is 6.10. The lowest BCUT2D eigenvalue weighted by molar-refractivity contribution is 0.315. The molecule has 6 nitrogen and oxygen atoms in total. The van der Waals surface area contributed by atoms with Gasteiger partial charge in [0.25, 0.3) is 0 Å². The third-order valence-electron chi connectivity index (χ3n) is 2.93. The summed E-state index contributed by atoms with van der Waals surface area (Å²) in [4.78, 5) is 8.27. The first-order chi connectivity index (χ1) is 9.15. The normalized spacial score (nSPS) is 11.1. The molecule has 3 aromatic heterocycles. The smallest absolute Gasteiger partial charge is 0.226 e. The Bertz CT molecular complexity index is 755. The summed E-state index contributed by atoms with van der Waals surface area (Å²) in [5.41, 5.74) is 10.2. The Balaban J connectivity index is 2.09. The van der Waals surface area contributed by atoms with E-state index in [9.17, 15) is 0 Å². The van der Waals surface area contributed by atoms with Crippen LogP contribution in [0.2, 0.25) is 5.15 Å². The Morgan fingerprint density at radius 2 is 2.21 bits per heavy atom. The van der Waals surface area contributed by atoms with E-state index < -0.39 is 0 Å². The summed E-state index contributed by atoms with van der Waals surface area (Å²) in [6.45, 7) is 1.88. The predicted octanol–water partition coefficient (Wildman–Crippen LogP) is 2.15. The van der Waals surface area contributed by atoms with E-state index in [2.05, 4.69) is 24.9 Å². The van der Waals surface area contributed by atoms with Crippen molar-refractivity contribution in [1.82, 2.24) is 20.3 Å². The summed E-state index contributed by atoms with van der Waals surface area (Å²) in [5, 5.41) is 7.91. The van der Waals surface area contributed by atoms with Gasteiger partial charge in [-0.2, -0.15) is 0 Å². The number of nitrogens with zero attached hydrogens (tertiary/aromatic N) is 4. The van der Waals surface area contributed by atoms with E-state index in [1.807, 2.05) is 13.0 Å². The zero-order valence-corrected chi connectivity index (χ0v) is 10.8. The SMILES string of the molecule is Cc1nc2nonc2c(N)c1Cc1ccnc(Cl)c1. The molecule has 2 N–H and O–H groups in total. The van der Waals surface area contributed by atoms with Gasteiger partial charge < -0.3 is 5.73 Å². The average molecular weight is 276 g/mol. The minimum atomic E-state index is 0.423. The van der Waals surface area contributed by atoms with E-state index in [-0.39, 0.29) is 0 Å². The predicted molar refractivity (Wildman–Crippen MR) is 70.8 cm³/mol. The summed E-state index contributed by atoms with van der Waals surface area (Å²) < 4.78 is 4.65. The summed E-state index contributed by atoms with van der Waals surface area (Å²) in [7, 11) is 0. The first-order valence-corrected chi connectivity index (χ1v) is 6.00. The molecule has 19 heavy (non-hydrogen) atoms. The summed E-state index contributed by atoms with van der Waals surface area (Å²) in [5.74, 6) is 0. The van der Waals surface area contributed by atoms with Gasteiger partial charge in [0.05, 0.1) is 5.69 Å². The fourth-order valence-corrected chi connectivity index (χ4v) is 2.17. The molecule has 0 atom stereocenters. The van der Waals surface area contributed by atoms with Gasteiger partial charge in [0.15, 0.2) is 5.52 Å². The molecule has 0 saturated carbocycles. The van der Waals surface area contributed by atoms with Crippen LogP contribution in [0, 0.1) is 6.92 Å². The standard InChI is InChI=1S/C12H10ClN5O/c1-6-8(4-7-2-3-15-9(13)5-7)10(14)11-12(16-6)18-19-17-11/h2-3,5H,4,14H2,1H3. The second kappa shape index (κ2) is 4.47. The third-order valence-corrected chi connectivity index (χ3v) is 3.14. The third kappa shape index (κ3) is 2.10. The zero-order valence-electron chi connectivity index (χ0n) is 10.1. The molecule has 0 fully saturated rings. The van der Waals surface area contributed by atoms with E-state index in [1.165, 1.54) is 0 Å². The minimum absolute atomic E-state index is 0.423. The van der Waals surface area contributed by atoms with E-state index >= 15 is 0 Å². The largest absolute Gasteiger partial charge is 0.396 e. The highest BCUT2D eigenvalue weighted by molar-refractivity contribution is 6.29. The van der Waals surface area contributed by atoms with E-state index in [1.54, 1.807) is 12.3 Å². The second-order valence-corrected chi connectivity index (χ2v) is 4.58. The molecular weight excluding hydrogens is 266 g/mol. The molecule has 7 heteroatoms. The molecule has 0 aliphatic rings. The van der Waals surface area contributed by atoms with Gasteiger partial charge in [-0.05, 0) is 34.9 Å². The number of nitrogen functional groups attached to an aromatic ring is 1. The molecule has 96 valence electrons. The van der Waals surface area contributed by atoms with Crippen LogP contribution in [0.4, 0.5) is 5.69 Å². The number of aryl methyl sites for hydroxylation is 1. The highest BCUT2D eigenvalue weighted by atomic mass is 35.5. The number of rotatable bonds is 2. The van der Waals surface area contributed by atoms with Crippen LogP contribution in [-0.4, -0.2) is 20.3 Å². The number of hydrogen-bond donors (Lipinski definition) is 1. The zero-order chi connectivity index (χ0) is 13.4. The minimum Gasteiger partial charge on any atom is -0.396 e. The molecule has 0 unspecified atom stereocenters. The topological polar surface area (TPSA) is 90.7 Å². The van der Waals surface area contributed by atoms with Gasteiger partial charge in [-0.25, -0.2) is 14.6 Å². The number of fused-ring (bicyclic) bond motifs is 1. The first-order valence-electron chi connectivity index (χ1n) is 5.63. The molecule has 3 aromatic rings. The maximum atomic E-state index is 6.10. The van der Waals surface area contributed by atoms with Crippen LogP contribution < -0.4 is 5.73 Å². The molecule has 0 aromatic carbocycles. The number of nitrogens with two attached hydrogens (primary N) is 1. The van der Waals surface area contributed by atoms with Crippen molar-refractivity contribution in [2.45, 2.75) is 13.3 Å². The molecular formula is C12H10ClN5O. The van der Waals surface area contributed by atoms with Crippen molar-refractivity contribution in [1.29, 1.82) is 0 Å². The quantitative estimate of drug-likeness (QED) is 0.721. The Labute approximate surface area is 113 Å². The van der Waals surface area contributed by atoms with Crippen molar-refractivity contribution in [3.8, 4) is 0 Å². The molecule has 0 aliphatic heterocycles. The van der Waals surface area contributed by atoms with Gasteiger partial charge in [0.1, 0.15) is 5.15 Å². The number of pyridine rings is 2. The molecule has 0 amide bonds. The Kier molecular flexibility index (Phi) is 2.79. The lowest BCUT2D eigenvalue weighted by Gasteiger charge is -2.08. The Morgan fingerprint density at radius 3 is 3.00 bits per heavy atom. The first kappa shape index (κ1) is 11.9. The average Bonchev–Trinajstić information content (AvgIpc) is 2.83. The highest BCUT2D eigenvalue weighted by Crippen LogP contribution is 2.25. The summed E-state index contributed by atoms with van der Waals surface area (Å²) >= 11 is 5.87. The van der Waals surface area contributed by atoms with Crippen molar-refractivity contribution in [3.63, 3.8) is 0 Å². The lowest BCUT2D eigenvalue weighted by atomic mass is 10.0. The van der Waals surface area contributed by atoms with Gasteiger partial charge in [0.2, 0.25) is 5.65 Å². The molecule has 0 bridgehead atoms. The van der Waals surface area contributed by atoms with E-state index in [0.717, 1.165) is 16.8 Å². The highest BCUT2D eigenvalue weighted by Gasteiger charge is 2.14. The van der Waals surface area contributed by atoms with Crippen LogP contribution in [0.25, 0.3) is 11.2 Å². The van der Waals surface area contributed by atoms with Crippen LogP contribution >= 0.6 is 11.6 Å². The van der Waals surface area contributed by atoms with E-state index in [0.29, 0.717) is 28.4 Å². The van der Waals surface area contributed by atoms with E-state index in [4.69, 9.17) is 17.3 Å². The van der Waals surface area contributed by atoms with Crippen LogP contribution in [-0.2, 0) is 6.42 Å². The second-order valence-electron chi connectivity index (χ2n) is 4.19. The maximum Gasteiger partial charge on any atom is 0.226 e. The fourth-order valence-electron chi connectivity index (χ4n) is 1.97. The van der Waals surface area contributed by atoms with Crippen molar-refractivity contribution in [2.24, 2.45) is 0 Å². The van der Waals surface area contributed by atoms with Crippen LogP contribution in [0.1, 0.15) is 16.8 Å².